The second-order valence-corrected chi connectivity index (χ2v) is 7.55. The molecule has 2 unspecified atom stereocenters. The van der Waals surface area contributed by atoms with E-state index in [9.17, 15) is 4.79 Å². The molecular formula is C22H24N4O3. The molecule has 1 saturated heterocycles. The van der Waals surface area contributed by atoms with E-state index < -0.39 is 6.10 Å². The average molecular weight is 392 g/mol. The van der Waals surface area contributed by atoms with E-state index in [1.54, 1.807) is 0 Å². The van der Waals surface area contributed by atoms with Gasteiger partial charge in [-0.2, -0.15) is 0 Å². The SMILES string of the molecule is CC1Oc2ccccc2OC1C(=O)N1CCCN(c2nc3ccccc3[nH]2)CC1. The maximum atomic E-state index is 13.2. The maximum Gasteiger partial charge on any atom is 0.267 e. The number of nitrogens with zero attached hydrogens (tertiary/aromatic N) is 3. The number of fused-ring (bicyclic) bond motifs is 2. The molecule has 3 heterocycles. The van der Waals surface area contributed by atoms with Crippen molar-refractivity contribution in [2.24, 2.45) is 0 Å². The highest BCUT2D eigenvalue weighted by atomic mass is 16.6. The van der Waals surface area contributed by atoms with E-state index in [1.807, 2.05) is 60.4 Å². The van der Waals surface area contributed by atoms with Crippen molar-refractivity contribution in [3.05, 3.63) is 48.5 Å². The molecule has 3 aromatic rings. The topological polar surface area (TPSA) is 70.7 Å². The van der Waals surface area contributed by atoms with E-state index >= 15 is 0 Å². The van der Waals surface area contributed by atoms with Crippen molar-refractivity contribution in [3.8, 4) is 11.5 Å². The lowest BCUT2D eigenvalue weighted by Crippen LogP contribution is -2.51. The Morgan fingerprint density at radius 2 is 1.76 bits per heavy atom. The maximum absolute atomic E-state index is 13.2. The first-order valence-corrected chi connectivity index (χ1v) is 10.1. The number of ether oxygens (including phenoxy) is 2. The molecule has 1 fully saturated rings. The Morgan fingerprint density at radius 1 is 1.00 bits per heavy atom. The van der Waals surface area contributed by atoms with Crippen molar-refractivity contribution in [1.29, 1.82) is 0 Å². The second-order valence-electron chi connectivity index (χ2n) is 7.55. The van der Waals surface area contributed by atoms with Crippen LogP contribution in [0.2, 0.25) is 0 Å². The van der Waals surface area contributed by atoms with Gasteiger partial charge in [-0.3, -0.25) is 4.79 Å². The number of benzene rings is 2. The van der Waals surface area contributed by atoms with Crippen molar-refractivity contribution in [3.63, 3.8) is 0 Å². The van der Waals surface area contributed by atoms with Gasteiger partial charge in [0.1, 0.15) is 6.10 Å². The van der Waals surface area contributed by atoms with Crippen LogP contribution >= 0.6 is 0 Å². The number of amides is 1. The summed E-state index contributed by atoms with van der Waals surface area (Å²) in [5.41, 5.74) is 1.99. The number of aromatic amines is 1. The van der Waals surface area contributed by atoms with Gasteiger partial charge in [0.25, 0.3) is 5.91 Å². The number of hydrogen-bond acceptors (Lipinski definition) is 5. The van der Waals surface area contributed by atoms with Gasteiger partial charge in [-0.05, 0) is 37.6 Å². The number of anilines is 1. The Balaban J connectivity index is 1.28. The van der Waals surface area contributed by atoms with E-state index in [-0.39, 0.29) is 12.0 Å². The predicted molar refractivity (Wildman–Crippen MR) is 110 cm³/mol. The number of carbonyl (C=O) groups excluding carboxylic acids is 1. The Bertz CT molecular complexity index is 1000. The normalized spacial score (nSPS) is 21.8. The fraction of sp³-hybridized carbons (Fsp3) is 0.364. The van der Waals surface area contributed by atoms with Crippen LogP contribution in [0, 0.1) is 0 Å². The number of para-hydroxylation sites is 4. The van der Waals surface area contributed by atoms with Gasteiger partial charge in [0.05, 0.1) is 11.0 Å². The van der Waals surface area contributed by atoms with E-state index in [1.165, 1.54) is 0 Å². The number of aromatic nitrogens is 2. The molecule has 0 saturated carbocycles. The molecule has 0 radical (unpaired) electrons. The summed E-state index contributed by atoms with van der Waals surface area (Å²) in [6.07, 6.45) is -0.0730. The Morgan fingerprint density at radius 3 is 2.59 bits per heavy atom. The minimum absolute atomic E-state index is 0.0153. The van der Waals surface area contributed by atoms with Gasteiger partial charge in [0.2, 0.25) is 12.1 Å². The van der Waals surface area contributed by atoms with E-state index in [2.05, 4.69) is 9.88 Å². The first-order valence-electron chi connectivity index (χ1n) is 10.1. The third-order valence-corrected chi connectivity index (χ3v) is 5.57. The lowest BCUT2D eigenvalue weighted by molar-refractivity contribution is -0.144. The van der Waals surface area contributed by atoms with Crippen molar-refractivity contribution < 1.29 is 14.3 Å². The summed E-state index contributed by atoms with van der Waals surface area (Å²) >= 11 is 0. The fourth-order valence-electron chi connectivity index (χ4n) is 4.01. The Hall–Kier alpha value is -3.22. The van der Waals surface area contributed by atoms with Gasteiger partial charge in [-0.15, -0.1) is 0 Å². The van der Waals surface area contributed by atoms with Crippen molar-refractivity contribution in [2.75, 3.05) is 31.1 Å². The predicted octanol–water partition coefficient (Wildman–Crippen LogP) is 2.83. The van der Waals surface area contributed by atoms with Crippen LogP contribution in [0.3, 0.4) is 0 Å². The number of carbonyl (C=O) groups is 1. The molecule has 29 heavy (non-hydrogen) atoms. The largest absolute Gasteiger partial charge is 0.482 e. The lowest BCUT2D eigenvalue weighted by atomic mass is 10.1. The van der Waals surface area contributed by atoms with Gasteiger partial charge >= 0.3 is 0 Å². The van der Waals surface area contributed by atoms with Gasteiger partial charge in [0, 0.05) is 26.2 Å². The number of imidazole rings is 1. The highest BCUT2D eigenvalue weighted by molar-refractivity contribution is 5.82. The van der Waals surface area contributed by atoms with Crippen molar-refractivity contribution >= 4 is 22.9 Å². The van der Waals surface area contributed by atoms with Crippen LogP contribution in [0.5, 0.6) is 11.5 Å². The molecule has 0 bridgehead atoms. The summed E-state index contributed by atoms with van der Waals surface area (Å²) in [7, 11) is 0. The summed E-state index contributed by atoms with van der Waals surface area (Å²) in [6.45, 7) is 4.79. The zero-order valence-electron chi connectivity index (χ0n) is 16.4. The molecule has 7 heteroatoms. The highest BCUT2D eigenvalue weighted by Gasteiger charge is 2.37. The standard InChI is InChI=1S/C22H24N4O3/c1-15-20(29-19-10-5-4-9-18(19)28-15)21(27)25-11-6-12-26(14-13-25)22-23-16-7-2-3-8-17(16)24-22/h2-5,7-10,15,20H,6,11-14H2,1H3,(H,23,24). The minimum Gasteiger partial charge on any atom is -0.482 e. The molecule has 0 spiro atoms. The Kier molecular flexibility index (Phi) is 4.50. The van der Waals surface area contributed by atoms with Crippen LogP contribution in [-0.4, -0.2) is 59.2 Å². The van der Waals surface area contributed by atoms with Crippen LogP contribution in [0.4, 0.5) is 5.95 Å². The Labute approximate surface area is 169 Å². The molecule has 2 aliphatic rings. The molecule has 150 valence electrons. The number of H-pyrrole nitrogens is 1. The van der Waals surface area contributed by atoms with Crippen LogP contribution in [0.25, 0.3) is 11.0 Å². The first-order chi connectivity index (χ1) is 14.2. The molecule has 0 aliphatic carbocycles. The molecular weight excluding hydrogens is 368 g/mol. The van der Waals surface area contributed by atoms with Crippen LogP contribution < -0.4 is 14.4 Å². The molecule has 2 aliphatic heterocycles. The van der Waals surface area contributed by atoms with E-state index in [0.29, 0.717) is 24.6 Å². The number of hydrogen-bond donors (Lipinski definition) is 1. The van der Waals surface area contributed by atoms with Crippen molar-refractivity contribution in [2.45, 2.75) is 25.6 Å². The summed E-state index contributed by atoms with van der Waals surface area (Å²) in [5, 5.41) is 0. The van der Waals surface area contributed by atoms with Crippen LogP contribution in [0.1, 0.15) is 13.3 Å². The summed E-state index contributed by atoms with van der Waals surface area (Å²) in [6, 6.07) is 15.5. The quantitative estimate of drug-likeness (QED) is 0.726. The molecule has 1 N–H and O–H groups in total. The lowest BCUT2D eigenvalue weighted by Gasteiger charge is -2.34. The van der Waals surface area contributed by atoms with Crippen molar-refractivity contribution in [1.82, 2.24) is 14.9 Å². The molecule has 1 aromatic heterocycles. The van der Waals surface area contributed by atoms with Crippen LogP contribution in [-0.2, 0) is 4.79 Å². The minimum atomic E-state index is -0.623. The monoisotopic (exact) mass is 392 g/mol. The molecule has 5 rings (SSSR count). The fourth-order valence-corrected chi connectivity index (χ4v) is 4.01. The van der Waals surface area contributed by atoms with E-state index in [0.717, 1.165) is 36.5 Å². The third kappa shape index (κ3) is 3.37. The summed E-state index contributed by atoms with van der Waals surface area (Å²) in [5.74, 6) is 2.16. The van der Waals surface area contributed by atoms with Crippen LogP contribution in [0.15, 0.2) is 48.5 Å². The zero-order chi connectivity index (χ0) is 19.8. The highest BCUT2D eigenvalue weighted by Crippen LogP contribution is 2.34. The molecule has 2 aromatic carbocycles. The number of nitrogens with one attached hydrogen (secondary N) is 1. The molecule has 7 nitrogen and oxygen atoms in total. The summed E-state index contributed by atoms with van der Waals surface area (Å²) < 4.78 is 11.9. The summed E-state index contributed by atoms with van der Waals surface area (Å²) in [4.78, 5) is 25.4. The third-order valence-electron chi connectivity index (χ3n) is 5.57. The first kappa shape index (κ1) is 17.8. The average Bonchev–Trinajstić information content (AvgIpc) is 3.02. The smallest absolute Gasteiger partial charge is 0.267 e. The molecule has 1 amide bonds. The van der Waals surface area contributed by atoms with E-state index in [4.69, 9.17) is 14.5 Å². The zero-order valence-corrected chi connectivity index (χ0v) is 16.4. The molecule has 2 atom stereocenters. The van der Waals surface area contributed by atoms with Gasteiger partial charge in [-0.25, -0.2) is 4.98 Å². The van der Waals surface area contributed by atoms with Gasteiger partial charge in [0.15, 0.2) is 11.5 Å². The van der Waals surface area contributed by atoms with Gasteiger partial charge < -0.3 is 24.3 Å². The second kappa shape index (κ2) is 7.31. The number of rotatable bonds is 2. The van der Waals surface area contributed by atoms with Gasteiger partial charge in [-0.1, -0.05) is 24.3 Å².